The van der Waals surface area contributed by atoms with Crippen molar-refractivity contribution in [3.8, 4) is 0 Å². The molecule has 2 heterocycles. The summed E-state index contributed by atoms with van der Waals surface area (Å²) in [4.78, 5) is 27.8. The number of carbonyl (C=O) groups is 2. The molecule has 0 bridgehead atoms. The van der Waals surface area contributed by atoms with Gasteiger partial charge in [0.25, 0.3) is 0 Å². The number of nitrogens with zero attached hydrogens (tertiary/aromatic N) is 2. The highest BCUT2D eigenvalue weighted by molar-refractivity contribution is 7.91. The topological polar surface area (TPSA) is 74.8 Å². The Hall–Kier alpha value is -1.11. The number of hydrogen-bond donors (Lipinski definition) is 0. The fraction of sp³-hybridized carbons (Fsp3) is 0.867. The van der Waals surface area contributed by atoms with E-state index < -0.39 is 9.84 Å². The molecule has 6 nitrogen and oxygen atoms in total. The van der Waals surface area contributed by atoms with Gasteiger partial charge in [-0.2, -0.15) is 0 Å². The zero-order valence-electron chi connectivity index (χ0n) is 13.3. The van der Waals surface area contributed by atoms with Crippen molar-refractivity contribution in [2.24, 2.45) is 5.92 Å². The van der Waals surface area contributed by atoms with E-state index in [0.29, 0.717) is 45.4 Å². The molecule has 2 aliphatic rings. The number of unbranched alkanes of at least 4 members (excludes halogenated alkanes) is 1. The number of hydrogen-bond acceptors (Lipinski definition) is 4. The quantitative estimate of drug-likeness (QED) is 0.743. The average molecular weight is 330 g/mol. The van der Waals surface area contributed by atoms with E-state index in [2.05, 4.69) is 6.92 Å². The number of sulfone groups is 1. The zero-order chi connectivity index (χ0) is 16.2. The van der Waals surface area contributed by atoms with Gasteiger partial charge in [-0.15, -0.1) is 0 Å². The second-order valence-electron chi connectivity index (χ2n) is 6.34. The van der Waals surface area contributed by atoms with Gasteiger partial charge in [-0.05, 0) is 18.8 Å². The van der Waals surface area contributed by atoms with Crippen LogP contribution in [0.5, 0.6) is 0 Å². The second-order valence-corrected chi connectivity index (χ2v) is 8.57. The third-order valence-corrected chi connectivity index (χ3v) is 6.36. The number of piperazine rings is 1. The summed E-state index contributed by atoms with van der Waals surface area (Å²) >= 11 is 0. The van der Waals surface area contributed by atoms with E-state index in [-0.39, 0.29) is 29.2 Å². The number of amides is 2. The first-order chi connectivity index (χ1) is 10.4. The molecule has 22 heavy (non-hydrogen) atoms. The highest BCUT2D eigenvalue weighted by Crippen LogP contribution is 2.22. The molecular weight excluding hydrogens is 304 g/mol. The maximum absolute atomic E-state index is 12.2. The van der Waals surface area contributed by atoms with Crippen molar-refractivity contribution in [1.29, 1.82) is 0 Å². The first-order valence-corrected chi connectivity index (χ1v) is 9.99. The van der Waals surface area contributed by atoms with E-state index in [0.717, 1.165) is 12.8 Å². The molecule has 0 radical (unpaired) electrons. The van der Waals surface area contributed by atoms with Gasteiger partial charge >= 0.3 is 0 Å². The number of rotatable bonds is 5. The van der Waals surface area contributed by atoms with E-state index in [1.807, 2.05) is 4.90 Å². The standard InChI is InChI=1S/C15H26N2O4S/c1-2-3-4-14(18)16-6-8-17(9-7-16)15(19)11-13-5-10-22(20,21)12-13/h13H,2-12H2,1H3. The SMILES string of the molecule is CCCCC(=O)N1CCN(C(=O)CC2CCS(=O)(=O)C2)CC1. The maximum atomic E-state index is 12.2. The normalized spacial score (nSPS) is 24.5. The van der Waals surface area contributed by atoms with E-state index in [1.165, 1.54) is 0 Å². The molecule has 7 heteroatoms. The van der Waals surface area contributed by atoms with Crippen LogP contribution in [-0.2, 0) is 19.4 Å². The lowest BCUT2D eigenvalue weighted by Gasteiger charge is -2.35. The predicted octanol–water partition coefficient (Wildman–Crippen LogP) is 0.672. The molecule has 2 saturated heterocycles. The molecule has 0 aromatic carbocycles. The predicted molar refractivity (Wildman–Crippen MR) is 84.1 cm³/mol. The van der Waals surface area contributed by atoms with Crippen LogP contribution >= 0.6 is 0 Å². The lowest BCUT2D eigenvalue weighted by molar-refractivity contribution is -0.140. The Kier molecular flexibility index (Phi) is 5.83. The molecule has 0 N–H and O–H groups in total. The summed E-state index contributed by atoms with van der Waals surface area (Å²) in [5, 5.41) is 0. The van der Waals surface area contributed by atoms with Gasteiger partial charge < -0.3 is 9.80 Å². The Morgan fingerprint density at radius 1 is 1.05 bits per heavy atom. The van der Waals surface area contributed by atoms with Gasteiger partial charge in [-0.1, -0.05) is 13.3 Å². The van der Waals surface area contributed by atoms with Crippen LogP contribution in [-0.4, -0.2) is 67.7 Å². The van der Waals surface area contributed by atoms with E-state index in [4.69, 9.17) is 0 Å². The molecular formula is C15H26N2O4S. The van der Waals surface area contributed by atoms with Crippen LogP contribution in [0.4, 0.5) is 0 Å². The fourth-order valence-corrected chi connectivity index (χ4v) is 4.96. The van der Waals surface area contributed by atoms with Gasteiger partial charge in [0.1, 0.15) is 0 Å². The first kappa shape index (κ1) is 17.2. The van der Waals surface area contributed by atoms with Gasteiger partial charge in [0.05, 0.1) is 11.5 Å². The van der Waals surface area contributed by atoms with Crippen LogP contribution in [0.15, 0.2) is 0 Å². The summed E-state index contributed by atoms with van der Waals surface area (Å²) in [7, 11) is -2.92. The summed E-state index contributed by atoms with van der Waals surface area (Å²) in [5.74, 6) is 0.541. The lowest BCUT2D eigenvalue weighted by atomic mass is 10.0. The highest BCUT2D eigenvalue weighted by Gasteiger charge is 2.31. The van der Waals surface area contributed by atoms with Crippen LogP contribution in [0.25, 0.3) is 0 Å². The Morgan fingerprint density at radius 2 is 1.64 bits per heavy atom. The Morgan fingerprint density at radius 3 is 2.14 bits per heavy atom. The van der Waals surface area contributed by atoms with E-state index >= 15 is 0 Å². The summed E-state index contributed by atoms with van der Waals surface area (Å²) in [6.45, 7) is 4.38. The minimum Gasteiger partial charge on any atom is -0.339 e. The number of carbonyl (C=O) groups excluding carboxylic acids is 2. The van der Waals surface area contributed by atoms with Crippen molar-refractivity contribution in [2.75, 3.05) is 37.7 Å². The molecule has 0 spiro atoms. The molecule has 0 aliphatic carbocycles. The van der Waals surface area contributed by atoms with Crippen LogP contribution in [0.3, 0.4) is 0 Å². The molecule has 126 valence electrons. The van der Waals surface area contributed by atoms with Crippen molar-refractivity contribution in [2.45, 2.75) is 39.0 Å². The summed E-state index contributed by atoms with van der Waals surface area (Å²) < 4.78 is 22.9. The van der Waals surface area contributed by atoms with Crippen LogP contribution in [0, 0.1) is 5.92 Å². The molecule has 2 rings (SSSR count). The smallest absolute Gasteiger partial charge is 0.223 e. The van der Waals surface area contributed by atoms with Crippen molar-refractivity contribution in [3.63, 3.8) is 0 Å². The molecule has 1 unspecified atom stereocenters. The van der Waals surface area contributed by atoms with E-state index in [1.54, 1.807) is 4.90 Å². The molecule has 0 aromatic rings. The van der Waals surface area contributed by atoms with Gasteiger partial charge in [-0.25, -0.2) is 8.42 Å². The average Bonchev–Trinajstić information content (AvgIpc) is 2.83. The second kappa shape index (κ2) is 7.44. The maximum Gasteiger partial charge on any atom is 0.223 e. The Bertz CT molecular complexity index is 510. The fourth-order valence-electron chi connectivity index (χ4n) is 3.10. The Labute approximate surface area is 132 Å². The monoisotopic (exact) mass is 330 g/mol. The van der Waals surface area contributed by atoms with Crippen molar-refractivity contribution >= 4 is 21.7 Å². The highest BCUT2D eigenvalue weighted by atomic mass is 32.2. The largest absolute Gasteiger partial charge is 0.339 e. The zero-order valence-corrected chi connectivity index (χ0v) is 14.1. The van der Waals surface area contributed by atoms with Crippen molar-refractivity contribution < 1.29 is 18.0 Å². The van der Waals surface area contributed by atoms with Gasteiger partial charge in [-0.3, -0.25) is 9.59 Å². The summed E-state index contributed by atoms with van der Waals surface area (Å²) in [6.07, 6.45) is 3.43. The van der Waals surface area contributed by atoms with Gasteiger partial charge in [0.15, 0.2) is 9.84 Å². The first-order valence-electron chi connectivity index (χ1n) is 8.17. The van der Waals surface area contributed by atoms with Crippen molar-refractivity contribution in [1.82, 2.24) is 9.80 Å². The molecule has 0 saturated carbocycles. The van der Waals surface area contributed by atoms with Crippen LogP contribution < -0.4 is 0 Å². The molecule has 0 aromatic heterocycles. The Balaban J connectivity index is 1.74. The lowest BCUT2D eigenvalue weighted by Crippen LogP contribution is -2.50. The molecule has 2 aliphatic heterocycles. The van der Waals surface area contributed by atoms with Gasteiger partial charge in [0, 0.05) is 39.0 Å². The third kappa shape index (κ3) is 4.69. The van der Waals surface area contributed by atoms with Crippen LogP contribution in [0.1, 0.15) is 39.0 Å². The van der Waals surface area contributed by atoms with Crippen molar-refractivity contribution in [3.05, 3.63) is 0 Å². The minimum absolute atomic E-state index is 0.0262. The van der Waals surface area contributed by atoms with E-state index in [9.17, 15) is 18.0 Å². The molecule has 2 amide bonds. The minimum atomic E-state index is -2.92. The molecule has 2 fully saturated rings. The van der Waals surface area contributed by atoms with Crippen LogP contribution in [0.2, 0.25) is 0 Å². The molecule has 1 atom stereocenters. The third-order valence-electron chi connectivity index (χ3n) is 4.52. The van der Waals surface area contributed by atoms with Gasteiger partial charge in [0.2, 0.25) is 11.8 Å². The summed E-state index contributed by atoms with van der Waals surface area (Å²) in [5.41, 5.74) is 0. The summed E-state index contributed by atoms with van der Waals surface area (Å²) in [6, 6.07) is 0.